The quantitative estimate of drug-likeness (QED) is 0.168. The number of hydrogen-bond donors (Lipinski definition) is 0. The molecule has 3 aromatic heterocycles. The van der Waals surface area contributed by atoms with E-state index in [0.29, 0.717) is 17.5 Å². The van der Waals surface area contributed by atoms with Crippen molar-refractivity contribution in [3.8, 4) is 51.0 Å². The van der Waals surface area contributed by atoms with Gasteiger partial charge in [-0.3, -0.25) is 4.98 Å². The summed E-state index contributed by atoms with van der Waals surface area (Å²) in [7, 11) is 0. The Kier molecular flexibility index (Phi) is 7.10. The van der Waals surface area contributed by atoms with Gasteiger partial charge >= 0.3 is 0 Å². The lowest BCUT2D eigenvalue weighted by Gasteiger charge is -2.14. The highest BCUT2D eigenvalue weighted by Gasteiger charge is 2.18. The summed E-state index contributed by atoms with van der Waals surface area (Å²) in [5.74, 6) is 1.89. The number of para-hydroxylation sites is 2. The fraction of sp³-hybridized carbons (Fsp3) is 0. The van der Waals surface area contributed by atoms with Crippen LogP contribution in [0.25, 0.3) is 105 Å². The van der Waals surface area contributed by atoms with Crippen molar-refractivity contribution in [2.45, 2.75) is 0 Å². The first-order valence-corrected chi connectivity index (χ1v) is 18.5. The van der Waals surface area contributed by atoms with Gasteiger partial charge in [-0.05, 0) is 85.9 Å². The van der Waals surface area contributed by atoms with Crippen LogP contribution < -0.4 is 0 Å². The monoisotopic (exact) mass is 701 g/mol. The Balaban J connectivity index is 1.13. The highest BCUT2D eigenvalue weighted by molar-refractivity contribution is 6.29. The number of fused-ring (bicyclic) bond motifs is 9. The molecule has 0 N–H and O–H groups in total. The molecule has 0 bridgehead atoms. The molecule has 0 spiro atoms. The fourth-order valence-electron chi connectivity index (χ4n) is 8.11. The van der Waals surface area contributed by atoms with Crippen LogP contribution in [0.2, 0.25) is 0 Å². The van der Waals surface area contributed by atoms with Crippen LogP contribution in [-0.2, 0) is 0 Å². The third kappa shape index (κ3) is 5.17. The predicted octanol–water partition coefficient (Wildman–Crippen LogP) is 12.5. The normalized spacial score (nSPS) is 11.6. The third-order valence-corrected chi connectivity index (χ3v) is 10.7. The molecule has 0 unspecified atom stereocenters. The smallest absolute Gasteiger partial charge is 0.164 e. The van der Waals surface area contributed by atoms with E-state index in [4.69, 9.17) is 15.0 Å². The molecular weight excluding hydrogens is 671 g/mol. The summed E-state index contributed by atoms with van der Waals surface area (Å²) in [4.78, 5) is 19.5. The van der Waals surface area contributed by atoms with Gasteiger partial charge in [0.25, 0.3) is 0 Å². The fourth-order valence-corrected chi connectivity index (χ4v) is 8.11. The average molecular weight is 702 g/mol. The van der Waals surface area contributed by atoms with Gasteiger partial charge in [0.1, 0.15) is 0 Å². The molecule has 11 rings (SSSR count). The molecule has 0 aliphatic heterocycles. The second-order valence-corrected chi connectivity index (χ2v) is 13.9. The van der Waals surface area contributed by atoms with Gasteiger partial charge in [0, 0.05) is 45.5 Å². The van der Waals surface area contributed by atoms with Crippen LogP contribution >= 0.6 is 0 Å². The van der Waals surface area contributed by atoms with Gasteiger partial charge in [-0.15, -0.1) is 0 Å². The van der Waals surface area contributed by atoms with E-state index in [1.54, 1.807) is 6.20 Å². The second kappa shape index (κ2) is 12.6. The number of nitrogens with zero attached hydrogens (tertiary/aromatic N) is 5. The van der Waals surface area contributed by atoms with Crippen molar-refractivity contribution in [2.24, 2.45) is 0 Å². The number of rotatable bonds is 5. The van der Waals surface area contributed by atoms with Gasteiger partial charge in [0.05, 0.1) is 11.0 Å². The largest absolute Gasteiger partial charge is 0.309 e. The molecule has 5 nitrogen and oxygen atoms in total. The van der Waals surface area contributed by atoms with E-state index in [2.05, 4.69) is 149 Å². The Morgan fingerprint density at radius 1 is 0.309 bits per heavy atom. The Hall–Kier alpha value is -7.50. The molecule has 0 aliphatic carbocycles. The van der Waals surface area contributed by atoms with Crippen LogP contribution in [-0.4, -0.2) is 24.5 Å². The number of hydrogen-bond acceptors (Lipinski definition) is 4. The summed E-state index contributed by atoms with van der Waals surface area (Å²) < 4.78 is 2.39. The molecule has 0 fully saturated rings. The van der Waals surface area contributed by atoms with Gasteiger partial charge in [-0.2, -0.15) is 0 Å². The standard InChI is InChI=1S/C50H31N5/c1-3-12-33(13-4-1)48-52-49(34-23-21-32(22-24-34)36-14-11-27-51-31-36)54-50(53-48)35-25-26-40-42(28-35)38-17-7-8-18-39(38)43-29-45-41-19-9-10-20-46(41)55(47(45)30-44(40)43)37-15-5-2-6-16-37/h1-31H. The lowest BCUT2D eigenvalue weighted by atomic mass is 9.92. The predicted molar refractivity (Wildman–Crippen MR) is 226 cm³/mol. The van der Waals surface area contributed by atoms with E-state index >= 15 is 0 Å². The molecule has 11 aromatic rings. The molecule has 3 heterocycles. The summed E-state index contributed by atoms with van der Waals surface area (Å²) >= 11 is 0. The van der Waals surface area contributed by atoms with Crippen LogP contribution in [0.4, 0.5) is 0 Å². The minimum Gasteiger partial charge on any atom is -0.309 e. The highest BCUT2D eigenvalue weighted by Crippen LogP contribution is 2.42. The zero-order valence-corrected chi connectivity index (χ0v) is 29.6. The Morgan fingerprint density at radius 3 is 1.55 bits per heavy atom. The van der Waals surface area contributed by atoms with Crippen molar-refractivity contribution < 1.29 is 0 Å². The van der Waals surface area contributed by atoms with Gasteiger partial charge in [0.15, 0.2) is 17.5 Å². The molecule has 0 atom stereocenters. The van der Waals surface area contributed by atoms with Gasteiger partial charge in [-0.25, -0.2) is 15.0 Å². The minimum atomic E-state index is 0.626. The number of benzene rings is 8. The van der Waals surface area contributed by atoms with Crippen molar-refractivity contribution in [1.82, 2.24) is 24.5 Å². The van der Waals surface area contributed by atoms with Crippen molar-refractivity contribution in [2.75, 3.05) is 0 Å². The summed E-state index contributed by atoms with van der Waals surface area (Å²) in [5, 5.41) is 9.70. The molecule has 5 heteroatoms. The van der Waals surface area contributed by atoms with Crippen LogP contribution in [0, 0.1) is 0 Å². The lowest BCUT2D eigenvalue weighted by molar-refractivity contribution is 1.07. The van der Waals surface area contributed by atoms with Gasteiger partial charge < -0.3 is 4.57 Å². The first-order chi connectivity index (χ1) is 27.3. The van der Waals surface area contributed by atoms with Crippen LogP contribution in [0.15, 0.2) is 188 Å². The van der Waals surface area contributed by atoms with E-state index in [1.807, 2.05) is 42.6 Å². The number of aromatic nitrogens is 5. The molecule has 0 amide bonds. The van der Waals surface area contributed by atoms with E-state index in [0.717, 1.165) is 38.9 Å². The Bertz CT molecular complexity index is 3230. The maximum atomic E-state index is 5.12. The SMILES string of the molecule is c1ccc(-c2nc(-c3ccc(-c4cccnc4)cc3)nc(-c3ccc4c(c3)c3ccccc3c3cc5c6ccccc6n(-c6ccccc6)c5cc43)n2)cc1. The van der Waals surface area contributed by atoms with Crippen molar-refractivity contribution in [1.29, 1.82) is 0 Å². The van der Waals surface area contributed by atoms with E-state index in [9.17, 15) is 0 Å². The van der Waals surface area contributed by atoms with E-state index < -0.39 is 0 Å². The summed E-state index contributed by atoms with van der Waals surface area (Å²) in [5.41, 5.74) is 8.47. The molecule has 55 heavy (non-hydrogen) atoms. The first kappa shape index (κ1) is 31.1. The highest BCUT2D eigenvalue weighted by atomic mass is 15.0. The lowest BCUT2D eigenvalue weighted by Crippen LogP contribution is -2.00. The Morgan fingerprint density at radius 2 is 0.836 bits per heavy atom. The summed E-state index contributed by atoms with van der Waals surface area (Å²) in [6.07, 6.45) is 3.67. The first-order valence-electron chi connectivity index (χ1n) is 18.5. The average Bonchev–Trinajstić information content (AvgIpc) is 3.60. The second-order valence-electron chi connectivity index (χ2n) is 13.9. The van der Waals surface area contributed by atoms with Gasteiger partial charge in [0.2, 0.25) is 0 Å². The molecule has 8 aromatic carbocycles. The van der Waals surface area contributed by atoms with Crippen LogP contribution in [0.5, 0.6) is 0 Å². The van der Waals surface area contributed by atoms with Crippen LogP contribution in [0.1, 0.15) is 0 Å². The topological polar surface area (TPSA) is 56.5 Å². The molecular formula is C50H31N5. The maximum absolute atomic E-state index is 5.12. The van der Waals surface area contributed by atoms with Crippen molar-refractivity contribution >= 4 is 54.1 Å². The Labute approximate surface area is 316 Å². The van der Waals surface area contributed by atoms with Crippen LogP contribution in [0.3, 0.4) is 0 Å². The van der Waals surface area contributed by atoms with Crippen molar-refractivity contribution in [3.63, 3.8) is 0 Å². The zero-order valence-electron chi connectivity index (χ0n) is 29.6. The molecule has 0 aliphatic rings. The maximum Gasteiger partial charge on any atom is 0.164 e. The third-order valence-electron chi connectivity index (χ3n) is 10.7. The van der Waals surface area contributed by atoms with E-state index in [-0.39, 0.29) is 0 Å². The molecule has 0 radical (unpaired) electrons. The zero-order chi connectivity index (χ0) is 36.3. The molecule has 0 saturated carbocycles. The molecule has 0 saturated heterocycles. The molecule has 256 valence electrons. The minimum absolute atomic E-state index is 0.626. The summed E-state index contributed by atoms with van der Waals surface area (Å²) in [6.45, 7) is 0. The summed E-state index contributed by atoms with van der Waals surface area (Å²) in [6, 6.07) is 62.0. The van der Waals surface area contributed by atoms with Gasteiger partial charge in [-0.1, -0.05) is 133 Å². The van der Waals surface area contributed by atoms with E-state index in [1.165, 1.54) is 48.7 Å². The van der Waals surface area contributed by atoms with Crippen molar-refractivity contribution in [3.05, 3.63) is 188 Å². The number of pyridine rings is 1.